The number of rotatable bonds is 8. The van der Waals surface area contributed by atoms with Crippen molar-refractivity contribution in [2.24, 2.45) is 0 Å². The molecular formula is C28H26FN5O2. The minimum absolute atomic E-state index is 0.291. The van der Waals surface area contributed by atoms with Crippen molar-refractivity contribution in [1.29, 1.82) is 0 Å². The Kier molecular flexibility index (Phi) is 6.49. The molecule has 1 N–H and O–H groups in total. The van der Waals surface area contributed by atoms with Crippen LogP contribution in [0.15, 0.2) is 73.1 Å². The molecule has 0 unspecified atom stereocenters. The number of pyridine rings is 1. The number of hydrogen-bond donors (Lipinski definition) is 1. The number of anilines is 1. The Labute approximate surface area is 208 Å². The number of hydrogen-bond acceptors (Lipinski definition) is 6. The van der Waals surface area contributed by atoms with Crippen LogP contribution in [-0.4, -0.2) is 33.6 Å². The summed E-state index contributed by atoms with van der Waals surface area (Å²) in [5.41, 5.74) is 6.05. The predicted octanol–water partition coefficient (Wildman–Crippen LogP) is 5.79. The molecule has 3 heterocycles. The van der Waals surface area contributed by atoms with Gasteiger partial charge in [-0.2, -0.15) is 0 Å². The quantitative estimate of drug-likeness (QED) is 0.301. The first kappa shape index (κ1) is 23.3. The summed E-state index contributed by atoms with van der Waals surface area (Å²) >= 11 is 0. The van der Waals surface area contributed by atoms with E-state index in [9.17, 15) is 4.39 Å². The van der Waals surface area contributed by atoms with Crippen LogP contribution in [-0.2, 0) is 13.0 Å². The smallest absolute Gasteiger partial charge is 0.223 e. The summed E-state index contributed by atoms with van der Waals surface area (Å²) < 4.78 is 26.4. The SMILES string of the molecule is CCc1ccn2c(-c3ccnc(NCc4ccc(OC)c(OC)c4)n3)c(-c3ccc(F)cc3)nc2c1. The summed E-state index contributed by atoms with van der Waals surface area (Å²) in [6, 6.07) is 18.1. The van der Waals surface area contributed by atoms with E-state index in [4.69, 9.17) is 19.4 Å². The highest BCUT2D eigenvalue weighted by Crippen LogP contribution is 2.33. The molecule has 182 valence electrons. The van der Waals surface area contributed by atoms with Gasteiger partial charge in [0.25, 0.3) is 0 Å². The zero-order valence-electron chi connectivity index (χ0n) is 20.3. The number of ether oxygens (including phenoxy) is 2. The monoisotopic (exact) mass is 483 g/mol. The van der Waals surface area contributed by atoms with Crippen LogP contribution in [0.1, 0.15) is 18.1 Å². The number of aryl methyl sites for hydroxylation is 1. The van der Waals surface area contributed by atoms with E-state index in [1.54, 1.807) is 32.5 Å². The Morgan fingerprint density at radius 1 is 0.889 bits per heavy atom. The Morgan fingerprint density at radius 2 is 1.69 bits per heavy atom. The van der Waals surface area contributed by atoms with Crippen molar-refractivity contribution in [3.05, 3.63) is 90.0 Å². The largest absolute Gasteiger partial charge is 0.493 e. The van der Waals surface area contributed by atoms with Gasteiger partial charge in [0.2, 0.25) is 5.95 Å². The van der Waals surface area contributed by atoms with E-state index >= 15 is 0 Å². The van der Waals surface area contributed by atoms with Gasteiger partial charge in [0, 0.05) is 24.5 Å². The second-order valence-corrected chi connectivity index (χ2v) is 8.24. The molecule has 0 aliphatic rings. The number of fused-ring (bicyclic) bond motifs is 1. The molecule has 0 fully saturated rings. The lowest BCUT2D eigenvalue weighted by molar-refractivity contribution is 0.354. The van der Waals surface area contributed by atoms with Gasteiger partial charge < -0.3 is 14.8 Å². The normalized spacial score (nSPS) is 11.0. The van der Waals surface area contributed by atoms with Gasteiger partial charge in [-0.25, -0.2) is 19.3 Å². The highest BCUT2D eigenvalue weighted by atomic mass is 19.1. The first-order valence-corrected chi connectivity index (χ1v) is 11.6. The van der Waals surface area contributed by atoms with Crippen molar-refractivity contribution in [3.63, 3.8) is 0 Å². The molecule has 7 nitrogen and oxygen atoms in total. The fraction of sp³-hybridized carbons (Fsp3) is 0.179. The van der Waals surface area contributed by atoms with Gasteiger partial charge in [-0.05, 0) is 72.1 Å². The molecule has 0 spiro atoms. The first-order valence-electron chi connectivity index (χ1n) is 11.6. The van der Waals surface area contributed by atoms with Gasteiger partial charge in [0.15, 0.2) is 11.5 Å². The van der Waals surface area contributed by atoms with Crippen molar-refractivity contribution in [3.8, 4) is 34.1 Å². The third kappa shape index (κ3) is 4.57. The van der Waals surface area contributed by atoms with Gasteiger partial charge in [0.1, 0.15) is 11.5 Å². The number of aromatic nitrogens is 4. The molecule has 3 aromatic heterocycles. The van der Waals surface area contributed by atoms with Gasteiger partial charge in [-0.1, -0.05) is 13.0 Å². The highest BCUT2D eigenvalue weighted by molar-refractivity contribution is 5.80. The second kappa shape index (κ2) is 10.0. The summed E-state index contributed by atoms with van der Waals surface area (Å²) in [6.45, 7) is 2.61. The molecular weight excluding hydrogens is 457 g/mol. The summed E-state index contributed by atoms with van der Waals surface area (Å²) in [4.78, 5) is 14.1. The number of nitrogens with zero attached hydrogens (tertiary/aromatic N) is 4. The van der Waals surface area contributed by atoms with Crippen LogP contribution in [0.5, 0.6) is 11.5 Å². The summed E-state index contributed by atoms with van der Waals surface area (Å²) in [6.07, 6.45) is 4.62. The van der Waals surface area contributed by atoms with Crippen LogP contribution in [0.2, 0.25) is 0 Å². The van der Waals surface area contributed by atoms with Crippen molar-refractivity contribution >= 4 is 11.6 Å². The maximum atomic E-state index is 13.6. The Bertz CT molecular complexity index is 1510. The minimum atomic E-state index is -0.291. The van der Waals surface area contributed by atoms with Gasteiger partial charge in [0.05, 0.1) is 31.3 Å². The maximum Gasteiger partial charge on any atom is 0.223 e. The lowest BCUT2D eigenvalue weighted by atomic mass is 10.1. The standard InChI is InChI=1S/C28H26FN5O2/c1-4-18-12-14-34-25(16-18)33-26(20-6-8-21(29)9-7-20)27(34)22-11-13-30-28(32-22)31-17-19-5-10-23(35-2)24(15-19)36-3/h5-16H,4,17H2,1-3H3,(H,30,31,32). The van der Waals surface area contributed by atoms with Gasteiger partial charge in [-0.15, -0.1) is 0 Å². The van der Waals surface area contributed by atoms with E-state index in [0.29, 0.717) is 29.7 Å². The molecule has 0 saturated heterocycles. The average molecular weight is 484 g/mol. The van der Waals surface area contributed by atoms with Crippen molar-refractivity contribution in [1.82, 2.24) is 19.4 Å². The van der Waals surface area contributed by atoms with Crippen LogP contribution >= 0.6 is 0 Å². The van der Waals surface area contributed by atoms with Gasteiger partial charge >= 0.3 is 0 Å². The van der Waals surface area contributed by atoms with E-state index < -0.39 is 0 Å². The number of nitrogens with one attached hydrogen (secondary N) is 1. The fourth-order valence-corrected chi connectivity index (χ4v) is 4.11. The zero-order valence-corrected chi connectivity index (χ0v) is 20.3. The molecule has 0 amide bonds. The number of methoxy groups -OCH3 is 2. The third-order valence-corrected chi connectivity index (χ3v) is 6.01. The highest BCUT2D eigenvalue weighted by Gasteiger charge is 2.18. The molecule has 0 aliphatic heterocycles. The Morgan fingerprint density at radius 3 is 2.44 bits per heavy atom. The molecule has 5 aromatic rings. The molecule has 0 aliphatic carbocycles. The van der Waals surface area contributed by atoms with Crippen LogP contribution in [0.25, 0.3) is 28.3 Å². The van der Waals surface area contributed by atoms with Crippen LogP contribution in [0.3, 0.4) is 0 Å². The summed E-state index contributed by atoms with van der Waals surface area (Å²) in [7, 11) is 3.22. The molecule has 0 radical (unpaired) electrons. The van der Waals surface area contributed by atoms with E-state index in [-0.39, 0.29) is 5.82 Å². The first-order chi connectivity index (χ1) is 17.6. The minimum Gasteiger partial charge on any atom is -0.493 e. The van der Waals surface area contributed by atoms with E-state index in [1.807, 2.05) is 34.9 Å². The van der Waals surface area contributed by atoms with Crippen LogP contribution in [0, 0.1) is 5.82 Å². The zero-order chi connectivity index (χ0) is 25.1. The molecule has 0 saturated carbocycles. The average Bonchev–Trinajstić information content (AvgIpc) is 3.31. The van der Waals surface area contributed by atoms with E-state index in [1.165, 1.54) is 17.7 Å². The molecule has 8 heteroatoms. The maximum absolute atomic E-state index is 13.6. The third-order valence-electron chi connectivity index (χ3n) is 6.01. The van der Waals surface area contributed by atoms with E-state index in [0.717, 1.165) is 34.6 Å². The van der Waals surface area contributed by atoms with Crippen LogP contribution in [0.4, 0.5) is 10.3 Å². The fourth-order valence-electron chi connectivity index (χ4n) is 4.11. The number of halogens is 1. The molecule has 36 heavy (non-hydrogen) atoms. The van der Waals surface area contributed by atoms with E-state index in [2.05, 4.69) is 29.4 Å². The summed E-state index contributed by atoms with van der Waals surface area (Å²) in [5, 5.41) is 3.29. The molecule has 5 rings (SSSR count). The number of benzene rings is 2. The Hall–Kier alpha value is -4.46. The lowest BCUT2D eigenvalue weighted by Crippen LogP contribution is -2.05. The second-order valence-electron chi connectivity index (χ2n) is 8.24. The van der Waals surface area contributed by atoms with Crippen LogP contribution < -0.4 is 14.8 Å². The molecule has 0 bridgehead atoms. The Balaban J connectivity index is 1.52. The van der Waals surface area contributed by atoms with Crippen molar-refractivity contribution in [2.75, 3.05) is 19.5 Å². The van der Waals surface area contributed by atoms with Crippen molar-refractivity contribution in [2.45, 2.75) is 19.9 Å². The molecule has 0 atom stereocenters. The van der Waals surface area contributed by atoms with Crippen molar-refractivity contribution < 1.29 is 13.9 Å². The predicted molar refractivity (Wildman–Crippen MR) is 138 cm³/mol. The molecule has 2 aromatic carbocycles. The van der Waals surface area contributed by atoms with Gasteiger partial charge in [-0.3, -0.25) is 4.40 Å². The topological polar surface area (TPSA) is 73.6 Å². The lowest BCUT2D eigenvalue weighted by Gasteiger charge is -2.11. The number of imidazole rings is 1. The summed E-state index contributed by atoms with van der Waals surface area (Å²) in [5.74, 6) is 1.52.